The number of non-ortho nitro benzene ring substituents is 1. The van der Waals surface area contributed by atoms with Crippen molar-refractivity contribution in [1.29, 1.82) is 5.26 Å². The maximum atomic E-state index is 12.3. The molecule has 7 nitrogen and oxygen atoms in total. The number of para-hydroxylation sites is 1. The number of aromatic nitrogens is 1. The quantitative estimate of drug-likeness (QED) is 0.298. The molecular formula is C22H20N4O3. The second-order valence-electron chi connectivity index (χ2n) is 6.95. The third-order valence-corrected chi connectivity index (χ3v) is 4.38. The first kappa shape index (κ1) is 19.8. The summed E-state index contributed by atoms with van der Waals surface area (Å²) in [5, 5.41) is 24.1. The maximum absolute atomic E-state index is 12.3. The van der Waals surface area contributed by atoms with Gasteiger partial charge < -0.3 is 9.88 Å². The number of carbonyl (C=O) groups is 1. The molecule has 1 amide bonds. The van der Waals surface area contributed by atoms with Crippen molar-refractivity contribution < 1.29 is 9.72 Å². The van der Waals surface area contributed by atoms with E-state index in [0.29, 0.717) is 6.54 Å². The zero-order chi connectivity index (χ0) is 21.0. The molecule has 1 aromatic heterocycles. The highest BCUT2D eigenvalue weighted by atomic mass is 16.6. The van der Waals surface area contributed by atoms with Crippen LogP contribution in [0.2, 0.25) is 0 Å². The number of hydrogen-bond donors (Lipinski definition) is 1. The van der Waals surface area contributed by atoms with E-state index >= 15 is 0 Å². The lowest BCUT2D eigenvalue weighted by atomic mass is 10.1. The summed E-state index contributed by atoms with van der Waals surface area (Å²) in [5.41, 5.74) is 2.50. The largest absolute Gasteiger partial charge is 0.349 e. The van der Waals surface area contributed by atoms with Crippen molar-refractivity contribution in [2.75, 3.05) is 0 Å². The van der Waals surface area contributed by atoms with E-state index in [4.69, 9.17) is 0 Å². The van der Waals surface area contributed by atoms with E-state index in [-0.39, 0.29) is 17.3 Å². The van der Waals surface area contributed by atoms with E-state index < -0.39 is 10.8 Å². The van der Waals surface area contributed by atoms with Gasteiger partial charge in [-0.25, -0.2) is 0 Å². The Balaban J connectivity index is 2.02. The van der Waals surface area contributed by atoms with Crippen LogP contribution in [-0.4, -0.2) is 21.4 Å². The Morgan fingerprint density at radius 1 is 1.28 bits per heavy atom. The Kier molecular flexibility index (Phi) is 5.74. The van der Waals surface area contributed by atoms with E-state index in [2.05, 4.69) is 5.32 Å². The van der Waals surface area contributed by atoms with E-state index in [1.165, 1.54) is 6.07 Å². The molecular weight excluding hydrogens is 368 g/mol. The molecule has 0 unspecified atom stereocenters. The summed E-state index contributed by atoms with van der Waals surface area (Å²) in [7, 11) is 0. The lowest BCUT2D eigenvalue weighted by Gasteiger charge is -2.06. The molecule has 146 valence electrons. The summed E-state index contributed by atoms with van der Waals surface area (Å²) in [6.07, 6.45) is 3.42. The molecule has 1 N–H and O–H groups in total. The highest BCUT2D eigenvalue weighted by molar-refractivity contribution is 6.04. The van der Waals surface area contributed by atoms with E-state index in [1.54, 1.807) is 18.2 Å². The van der Waals surface area contributed by atoms with Gasteiger partial charge in [-0.3, -0.25) is 14.9 Å². The van der Waals surface area contributed by atoms with E-state index in [9.17, 15) is 20.2 Å². The number of fused-ring (bicyclic) bond motifs is 1. The number of nitro benzene ring substituents is 1. The minimum atomic E-state index is -0.419. The van der Waals surface area contributed by atoms with Gasteiger partial charge in [-0.2, -0.15) is 5.26 Å². The number of hydrogen-bond acceptors (Lipinski definition) is 4. The molecule has 0 fully saturated rings. The van der Waals surface area contributed by atoms with Crippen LogP contribution in [-0.2, 0) is 11.3 Å². The average Bonchev–Trinajstić information content (AvgIpc) is 3.03. The number of carbonyl (C=O) groups excluding carboxylic acids is 1. The first-order valence-electron chi connectivity index (χ1n) is 9.13. The van der Waals surface area contributed by atoms with Crippen LogP contribution >= 0.6 is 0 Å². The number of nitrogens with zero attached hydrogens (tertiary/aromatic N) is 3. The second kappa shape index (κ2) is 8.40. The molecule has 0 spiro atoms. The summed E-state index contributed by atoms with van der Waals surface area (Å²) in [5.74, 6) is -0.419. The number of benzene rings is 2. The van der Waals surface area contributed by atoms with Crippen LogP contribution in [0.1, 0.15) is 25.0 Å². The third-order valence-electron chi connectivity index (χ3n) is 4.38. The van der Waals surface area contributed by atoms with Gasteiger partial charge in [-0.1, -0.05) is 30.3 Å². The fourth-order valence-electron chi connectivity index (χ4n) is 3.13. The number of rotatable bonds is 6. The molecule has 3 aromatic rings. The van der Waals surface area contributed by atoms with Crippen LogP contribution in [0, 0.1) is 21.4 Å². The monoisotopic (exact) mass is 388 g/mol. The van der Waals surface area contributed by atoms with Crippen LogP contribution in [0.25, 0.3) is 17.0 Å². The van der Waals surface area contributed by atoms with Crippen LogP contribution < -0.4 is 5.32 Å². The molecule has 7 heteroatoms. The third kappa shape index (κ3) is 4.50. The Labute approximate surface area is 168 Å². The highest BCUT2D eigenvalue weighted by Crippen LogP contribution is 2.25. The highest BCUT2D eigenvalue weighted by Gasteiger charge is 2.14. The predicted octanol–water partition coefficient (Wildman–Crippen LogP) is 4.03. The Bertz CT molecular complexity index is 1150. The lowest BCUT2D eigenvalue weighted by molar-refractivity contribution is -0.384. The summed E-state index contributed by atoms with van der Waals surface area (Å²) in [6, 6.07) is 16.0. The van der Waals surface area contributed by atoms with Crippen LogP contribution in [0.5, 0.6) is 0 Å². The topological polar surface area (TPSA) is 101 Å². The summed E-state index contributed by atoms with van der Waals surface area (Å²) < 4.78 is 1.95. The standard InChI is InChI=1S/C22H20N4O3/c1-15(2)24-22(27)17(12-23)11-18-14-25(21-9-4-3-8-20(18)21)13-16-6-5-7-19(10-16)26(28)29/h3-11,14-15H,13H2,1-2H3,(H,24,27)/b17-11-. The van der Waals surface area contributed by atoms with Crippen molar-refractivity contribution in [1.82, 2.24) is 9.88 Å². The van der Waals surface area contributed by atoms with Gasteiger partial charge in [0.15, 0.2) is 0 Å². The summed E-state index contributed by atoms with van der Waals surface area (Å²) >= 11 is 0. The SMILES string of the molecule is CC(C)NC(=O)/C(C#N)=C\c1cn(Cc2cccc([N+](=O)[O-])c2)c2ccccc12. The van der Waals surface area contributed by atoms with Crippen LogP contribution in [0.15, 0.2) is 60.3 Å². The number of nitrogens with one attached hydrogen (secondary N) is 1. The number of nitro groups is 1. The first-order valence-corrected chi connectivity index (χ1v) is 9.13. The van der Waals surface area contributed by atoms with E-state index in [0.717, 1.165) is 22.0 Å². The van der Waals surface area contributed by atoms with Crippen molar-refractivity contribution in [3.63, 3.8) is 0 Å². The van der Waals surface area contributed by atoms with Crippen LogP contribution in [0.3, 0.4) is 0 Å². The van der Waals surface area contributed by atoms with Crippen molar-refractivity contribution >= 4 is 28.6 Å². The normalized spacial score (nSPS) is 11.4. The fraction of sp³-hybridized carbons (Fsp3) is 0.182. The van der Waals surface area contributed by atoms with Crippen molar-refractivity contribution in [3.05, 3.63) is 81.5 Å². The molecule has 0 aliphatic rings. The van der Waals surface area contributed by atoms with Gasteiger partial charge in [-0.15, -0.1) is 0 Å². The van der Waals surface area contributed by atoms with Gasteiger partial charge in [-0.05, 0) is 31.6 Å². The average molecular weight is 388 g/mol. The van der Waals surface area contributed by atoms with Gasteiger partial charge in [0.25, 0.3) is 11.6 Å². The molecule has 29 heavy (non-hydrogen) atoms. The number of nitriles is 1. The molecule has 0 aliphatic heterocycles. The molecule has 0 atom stereocenters. The van der Waals surface area contributed by atoms with Gasteiger partial charge in [0, 0.05) is 47.4 Å². The molecule has 0 radical (unpaired) electrons. The van der Waals surface area contributed by atoms with Gasteiger partial charge in [0.2, 0.25) is 0 Å². The van der Waals surface area contributed by atoms with Gasteiger partial charge in [0.1, 0.15) is 11.6 Å². The molecule has 2 aromatic carbocycles. The van der Waals surface area contributed by atoms with Crippen molar-refractivity contribution in [2.24, 2.45) is 0 Å². The van der Waals surface area contributed by atoms with E-state index in [1.807, 2.05) is 61.0 Å². The summed E-state index contributed by atoms with van der Waals surface area (Å²) in [6.45, 7) is 4.09. The second-order valence-corrected chi connectivity index (χ2v) is 6.95. The van der Waals surface area contributed by atoms with Gasteiger partial charge in [0.05, 0.1) is 4.92 Å². The predicted molar refractivity (Wildman–Crippen MR) is 111 cm³/mol. The minimum Gasteiger partial charge on any atom is -0.349 e. The van der Waals surface area contributed by atoms with Crippen LogP contribution in [0.4, 0.5) is 5.69 Å². The molecule has 3 rings (SSSR count). The molecule has 0 bridgehead atoms. The Morgan fingerprint density at radius 3 is 2.72 bits per heavy atom. The van der Waals surface area contributed by atoms with Gasteiger partial charge >= 0.3 is 0 Å². The molecule has 0 aliphatic carbocycles. The molecule has 1 heterocycles. The Morgan fingerprint density at radius 2 is 2.03 bits per heavy atom. The minimum absolute atomic E-state index is 0.0250. The number of amides is 1. The lowest BCUT2D eigenvalue weighted by Crippen LogP contribution is -2.30. The zero-order valence-corrected chi connectivity index (χ0v) is 16.1. The smallest absolute Gasteiger partial charge is 0.269 e. The summed E-state index contributed by atoms with van der Waals surface area (Å²) in [4.78, 5) is 22.9. The first-order chi connectivity index (χ1) is 13.9. The van der Waals surface area contributed by atoms with Crippen molar-refractivity contribution in [2.45, 2.75) is 26.4 Å². The molecule has 0 saturated heterocycles. The van der Waals surface area contributed by atoms with Crippen molar-refractivity contribution in [3.8, 4) is 6.07 Å². The fourth-order valence-corrected chi connectivity index (χ4v) is 3.13. The zero-order valence-electron chi connectivity index (χ0n) is 16.1. The Hall–Kier alpha value is -3.92. The maximum Gasteiger partial charge on any atom is 0.269 e. The molecule has 0 saturated carbocycles.